The molecule has 0 aromatic carbocycles. The maximum absolute atomic E-state index is 13.2. The second kappa shape index (κ2) is 2.99. The number of hydrogen-bond acceptors (Lipinski definition) is 1. The normalized spacial score (nSPS) is 42.5. The standard InChI is InChI=1S/C10H18FN/c1-7(2)12-6-4-3-5-8-9(11)10(8)12/h7-10H,3-6H2,1-2H3. The monoisotopic (exact) mass is 171 g/mol. The Morgan fingerprint density at radius 1 is 1.33 bits per heavy atom. The fraction of sp³-hybridized carbons (Fsp3) is 1.00. The van der Waals surface area contributed by atoms with Crippen molar-refractivity contribution in [1.82, 2.24) is 4.90 Å². The number of likely N-dealkylation sites (tertiary alicyclic amines) is 1. The molecule has 1 saturated carbocycles. The average molecular weight is 171 g/mol. The molecule has 0 aromatic rings. The highest BCUT2D eigenvalue weighted by molar-refractivity contribution is 5.07. The van der Waals surface area contributed by atoms with Crippen LogP contribution in [0.3, 0.4) is 0 Å². The number of rotatable bonds is 1. The van der Waals surface area contributed by atoms with Gasteiger partial charge in [0.05, 0.1) is 0 Å². The Morgan fingerprint density at radius 2 is 2.08 bits per heavy atom. The van der Waals surface area contributed by atoms with Crippen molar-refractivity contribution < 1.29 is 4.39 Å². The summed E-state index contributed by atoms with van der Waals surface area (Å²) in [6.45, 7) is 5.46. The second-order valence-electron chi connectivity index (χ2n) is 4.43. The maximum Gasteiger partial charge on any atom is 0.120 e. The van der Waals surface area contributed by atoms with Crippen molar-refractivity contribution in [2.24, 2.45) is 5.92 Å². The van der Waals surface area contributed by atoms with Crippen LogP contribution in [0, 0.1) is 5.92 Å². The van der Waals surface area contributed by atoms with Crippen molar-refractivity contribution in [2.75, 3.05) is 6.54 Å². The van der Waals surface area contributed by atoms with Crippen LogP contribution in [-0.4, -0.2) is 29.7 Å². The van der Waals surface area contributed by atoms with Gasteiger partial charge in [0.2, 0.25) is 0 Å². The van der Waals surface area contributed by atoms with E-state index in [1.165, 1.54) is 12.8 Å². The van der Waals surface area contributed by atoms with Crippen LogP contribution in [-0.2, 0) is 0 Å². The molecule has 0 N–H and O–H groups in total. The molecule has 3 unspecified atom stereocenters. The predicted octanol–water partition coefficient (Wildman–Crippen LogP) is 2.22. The smallest absolute Gasteiger partial charge is 0.120 e. The van der Waals surface area contributed by atoms with E-state index in [2.05, 4.69) is 18.7 Å². The lowest BCUT2D eigenvalue weighted by atomic mass is 10.2. The highest BCUT2D eigenvalue weighted by Crippen LogP contribution is 2.45. The van der Waals surface area contributed by atoms with E-state index in [1.54, 1.807) is 0 Å². The number of hydrogen-bond donors (Lipinski definition) is 0. The lowest BCUT2D eigenvalue weighted by Crippen LogP contribution is -2.35. The van der Waals surface area contributed by atoms with E-state index in [4.69, 9.17) is 0 Å². The van der Waals surface area contributed by atoms with Crippen LogP contribution in [0.15, 0.2) is 0 Å². The SMILES string of the molecule is CC(C)N1CCCCC2C(F)C21. The molecule has 1 aliphatic carbocycles. The average Bonchev–Trinajstić information content (AvgIpc) is 2.67. The van der Waals surface area contributed by atoms with E-state index in [9.17, 15) is 4.39 Å². The minimum Gasteiger partial charge on any atom is -0.295 e. The summed E-state index contributed by atoms with van der Waals surface area (Å²) < 4.78 is 13.2. The van der Waals surface area contributed by atoms with Crippen LogP contribution in [0.1, 0.15) is 33.1 Å². The lowest BCUT2D eigenvalue weighted by Gasteiger charge is -2.25. The molecule has 2 heteroatoms. The topological polar surface area (TPSA) is 3.24 Å². The molecule has 1 nitrogen and oxygen atoms in total. The lowest BCUT2D eigenvalue weighted by molar-refractivity contribution is 0.192. The molecule has 0 radical (unpaired) electrons. The fourth-order valence-corrected chi connectivity index (χ4v) is 2.50. The minimum absolute atomic E-state index is 0.285. The van der Waals surface area contributed by atoms with E-state index in [0.29, 0.717) is 12.0 Å². The summed E-state index contributed by atoms with van der Waals surface area (Å²) in [6.07, 6.45) is 3.10. The second-order valence-corrected chi connectivity index (χ2v) is 4.43. The Balaban J connectivity index is 2.02. The van der Waals surface area contributed by atoms with E-state index in [-0.39, 0.29) is 6.04 Å². The van der Waals surface area contributed by atoms with Crippen LogP contribution < -0.4 is 0 Å². The predicted molar refractivity (Wildman–Crippen MR) is 47.9 cm³/mol. The molecule has 70 valence electrons. The van der Waals surface area contributed by atoms with Gasteiger partial charge in [-0.3, -0.25) is 4.90 Å². The first-order valence-corrected chi connectivity index (χ1v) is 5.11. The van der Waals surface area contributed by atoms with Crippen LogP contribution in [0.5, 0.6) is 0 Å². The van der Waals surface area contributed by atoms with Crippen molar-refractivity contribution in [2.45, 2.75) is 51.4 Å². The molecule has 1 heterocycles. The summed E-state index contributed by atoms with van der Waals surface area (Å²) in [5.74, 6) is 0.384. The van der Waals surface area contributed by atoms with Gasteiger partial charge in [-0.1, -0.05) is 6.42 Å². The Hall–Kier alpha value is -0.110. The van der Waals surface area contributed by atoms with Gasteiger partial charge >= 0.3 is 0 Å². The molecule has 3 atom stereocenters. The summed E-state index contributed by atoms with van der Waals surface area (Å²) >= 11 is 0. The van der Waals surface area contributed by atoms with E-state index < -0.39 is 6.17 Å². The van der Waals surface area contributed by atoms with Gasteiger partial charge in [-0.25, -0.2) is 4.39 Å². The van der Waals surface area contributed by atoms with Gasteiger partial charge in [0, 0.05) is 18.0 Å². The number of halogens is 1. The summed E-state index contributed by atoms with van der Waals surface area (Å²) in [7, 11) is 0. The summed E-state index contributed by atoms with van der Waals surface area (Å²) in [4.78, 5) is 2.35. The zero-order chi connectivity index (χ0) is 8.72. The highest BCUT2D eigenvalue weighted by Gasteiger charge is 2.54. The number of alkyl halides is 1. The Morgan fingerprint density at radius 3 is 2.75 bits per heavy atom. The Kier molecular flexibility index (Phi) is 2.11. The van der Waals surface area contributed by atoms with Crippen LogP contribution in [0.2, 0.25) is 0 Å². The molecular formula is C10H18FN. The van der Waals surface area contributed by atoms with Crippen molar-refractivity contribution in [3.63, 3.8) is 0 Å². The zero-order valence-corrected chi connectivity index (χ0v) is 7.96. The first-order valence-electron chi connectivity index (χ1n) is 5.11. The first kappa shape index (κ1) is 8.49. The van der Waals surface area contributed by atoms with Crippen LogP contribution >= 0.6 is 0 Å². The third-order valence-corrected chi connectivity index (χ3v) is 3.28. The molecule has 2 aliphatic rings. The molecule has 2 fully saturated rings. The molecule has 12 heavy (non-hydrogen) atoms. The summed E-state index contributed by atoms with van der Waals surface area (Å²) in [5.41, 5.74) is 0. The number of nitrogens with zero attached hydrogens (tertiary/aromatic N) is 1. The van der Waals surface area contributed by atoms with Crippen molar-refractivity contribution in [3.05, 3.63) is 0 Å². The third-order valence-electron chi connectivity index (χ3n) is 3.28. The van der Waals surface area contributed by atoms with Crippen molar-refractivity contribution in [3.8, 4) is 0 Å². The van der Waals surface area contributed by atoms with Gasteiger partial charge in [-0.15, -0.1) is 0 Å². The molecule has 1 saturated heterocycles. The molecule has 0 spiro atoms. The molecule has 0 aromatic heterocycles. The van der Waals surface area contributed by atoms with E-state index in [1.807, 2.05) is 0 Å². The third kappa shape index (κ3) is 1.26. The van der Waals surface area contributed by atoms with Gasteiger partial charge in [-0.05, 0) is 33.2 Å². The van der Waals surface area contributed by atoms with Crippen LogP contribution in [0.25, 0.3) is 0 Å². The Bertz CT molecular complexity index is 169. The van der Waals surface area contributed by atoms with Gasteiger partial charge in [0.25, 0.3) is 0 Å². The molecule has 0 amide bonds. The summed E-state index contributed by atoms with van der Waals surface area (Å²) in [5, 5.41) is 0. The van der Waals surface area contributed by atoms with E-state index in [0.717, 1.165) is 13.0 Å². The van der Waals surface area contributed by atoms with Crippen molar-refractivity contribution in [1.29, 1.82) is 0 Å². The quantitative estimate of drug-likeness (QED) is 0.584. The van der Waals surface area contributed by atoms with Gasteiger partial charge < -0.3 is 0 Å². The molecular weight excluding hydrogens is 153 g/mol. The van der Waals surface area contributed by atoms with Crippen LogP contribution in [0.4, 0.5) is 4.39 Å². The molecule has 2 rings (SSSR count). The minimum atomic E-state index is -0.507. The zero-order valence-electron chi connectivity index (χ0n) is 7.96. The Labute approximate surface area is 73.9 Å². The maximum atomic E-state index is 13.2. The molecule has 0 bridgehead atoms. The first-order chi connectivity index (χ1) is 5.72. The van der Waals surface area contributed by atoms with Gasteiger partial charge in [0.1, 0.15) is 6.17 Å². The fourth-order valence-electron chi connectivity index (χ4n) is 2.50. The largest absolute Gasteiger partial charge is 0.295 e. The van der Waals surface area contributed by atoms with Gasteiger partial charge in [0.15, 0.2) is 0 Å². The van der Waals surface area contributed by atoms with Gasteiger partial charge in [-0.2, -0.15) is 0 Å². The summed E-state index contributed by atoms with van der Waals surface area (Å²) in [6, 6.07) is 0.809. The number of fused-ring (bicyclic) bond motifs is 1. The van der Waals surface area contributed by atoms with E-state index >= 15 is 0 Å². The van der Waals surface area contributed by atoms with Crippen molar-refractivity contribution >= 4 is 0 Å². The highest BCUT2D eigenvalue weighted by atomic mass is 19.1. The molecule has 1 aliphatic heterocycles.